The Bertz CT molecular complexity index is 316. The van der Waals surface area contributed by atoms with Gasteiger partial charge in [-0.15, -0.1) is 0 Å². The molecule has 0 aromatic carbocycles. The summed E-state index contributed by atoms with van der Waals surface area (Å²) in [4.78, 5) is 15.1. The summed E-state index contributed by atoms with van der Waals surface area (Å²) in [5.41, 5.74) is 0.845. The molecule has 1 atom stereocenters. The molecule has 1 aromatic rings. The molecule has 0 bridgehead atoms. The Labute approximate surface area is 77.3 Å². The van der Waals surface area contributed by atoms with Crippen molar-refractivity contribution < 1.29 is 4.79 Å². The summed E-state index contributed by atoms with van der Waals surface area (Å²) in [5, 5.41) is 2.73. The number of hydrogen-bond donors (Lipinski definition) is 1. The van der Waals surface area contributed by atoms with Crippen molar-refractivity contribution >= 4 is 5.91 Å². The lowest BCUT2D eigenvalue weighted by Crippen LogP contribution is -2.24. The summed E-state index contributed by atoms with van der Waals surface area (Å²) in [6.07, 6.45) is 4.82. The molecule has 0 radical (unpaired) electrons. The monoisotopic (exact) mass is 179 g/mol. The Morgan fingerprint density at radius 1 is 1.85 bits per heavy atom. The zero-order valence-electron chi connectivity index (χ0n) is 7.82. The summed E-state index contributed by atoms with van der Waals surface area (Å²) in [6.45, 7) is 5.25. The van der Waals surface area contributed by atoms with Crippen molar-refractivity contribution in [2.24, 2.45) is 7.05 Å². The Hall–Kier alpha value is -1.58. The van der Waals surface area contributed by atoms with Gasteiger partial charge >= 0.3 is 0 Å². The standard InChI is InChI=1S/C9H13N3O/c1-4-9(13)11-7(2)8-5-12(3)6-10-8/h4-7H,1H2,2-3H3,(H,11,13). The van der Waals surface area contributed by atoms with Crippen LogP contribution in [0.25, 0.3) is 0 Å². The summed E-state index contributed by atoms with van der Waals surface area (Å²) in [7, 11) is 1.89. The van der Waals surface area contributed by atoms with Crippen molar-refractivity contribution in [2.75, 3.05) is 0 Å². The number of carbonyl (C=O) groups excluding carboxylic acids is 1. The van der Waals surface area contributed by atoms with E-state index < -0.39 is 0 Å². The Balaban J connectivity index is 2.63. The molecule has 0 fully saturated rings. The Kier molecular flexibility index (Phi) is 2.84. The molecule has 70 valence electrons. The van der Waals surface area contributed by atoms with E-state index in [0.29, 0.717) is 0 Å². The third kappa shape index (κ3) is 2.43. The van der Waals surface area contributed by atoms with Crippen LogP contribution < -0.4 is 5.32 Å². The third-order valence-corrected chi connectivity index (χ3v) is 1.71. The minimum absolute atomic E-state index is 0.0771. The minimum atomic E-state index is -0.182. The van der Waals surface area contributed by atoms with Crippen LogP contribution in [0.3, 0.4) is 0 Å². The molecular weight excluding hydrogens is 166 g/mol. The smallest absolute Gasteiger partial charge is 0.243 e. The van der Waals surface area contributed by atoms with Gasteiger partial charge in [-0.1, -0.05) is 6.58 Å². The summed E-state index contributed by atoms with van der Waals surface area (Å²) >= 11 is 0. The number of aromatic nitrogens is 2. The molecule has 1 heterocycles. The Morgan fingerprint density at radius 3 is 3.00 bits per heavy atom. The zero-order chi connectivity index (χ0) is 9.84. The maximum Gasteiger partial charge on any atom is 0.243 e. The lowest BCUT2D eigenvalue weighted by atomic mass is 10.2. The maximum atomic E-state index is 10.9. The molecule has 0 aliphatic rings. The van der Waals surface area contributed by atoms with E-state index in [1.165, 1.54) is 6.08 Å². The van der Waals surface area contributed by atoms with Crippen molar-refractivity contribution in [1.82, 2.24) is 14.9 Å². The van der Waals surface area contributed by atoms with Gasteiger partial charge in [0.25, 0.3) is 0 Å². The van der Waals surface area contributed by atoms with Crippen LogP contribution in [0.4, 0.5) is 0 Å². The quantitative estimate of drug-likeness (QED) is 0.697. The topological polar surface area (TPSA) is 46.9 Å². The van der Waals surface area contributed by atoms with Crippen molar-refractivity contribution in [1.29, 1.82) is 0 Å². The molecule has 4 nitrogen and oxygen atoms in total. The molecule has 1 unspecified atom stereocenters. The number of aryl methyl sites for hydroxylation is 1. The van der Waals surface area contributed by atoms with Crippen LogP contribution >= 0.6 is 0 Å². The lowest BCUT2D eigenvalue weighted by Gasteiger charge is -2.08. The fraction of sp³-hybridized carbons (Fsp3) is 0.333. The predicted octanol–water partition coefficient (Wildman–Crippen LogP) is 0.783. The highest BCUT2D eigenvalue weighted by Crippen LogP contribution is 2.07. The van der Waals surface area contributed by atoms with Gasteiger partial charge in [0.15, 0.2) is 0 Å². The van der Waals surface area contributed by atoms with Crippen molar-refractivity contribution in [3.63, 3.8) is 0 Å². The highest BCUT2D eigenvalue weighted by molar-refractivity contribution is 5.87. The van der Waals surface area contributed by atoms with E-state index in [1.807, 2.05) is 24.7 Å². The SMILES string of the molecule is C=CC(=O)NC(C)c1cn(C)cn1. The molecule has 0 saturated heterocycles. The van der Waals surface area contributed by atoms with Crippen LogP contribution in [-0.4, -0.2) is 15.5 Å². The summed E-state index contributed by atoms with van der Waals surface area (Å²) in [6, 6.07) is -0.0771. The summed E-state index contributed by atoms with van der Waals surface area (Å²) in [5.74, 6) is -0.182. The van der Waals surface area contributed by atoms with Crippen LogP contribution in [0, 0.1) is 0 Å². The predicted molar refractivity (Wildman–Crippen MR) is 50.0 cm³/mol. The van der Waals surface area contributed by atoms with Crippen LogP contribution in [0.15, 0.2) is 25.2 Å². The van der Waals surface area contributed by atoms with Crippen molar-refractivity contribution in [2.45, 2.75) is 13.0 Å². The first-order valence-corrected chi connectivity index (χ1v) is 4.04. The Morgan fingerprint density at radius 2 is 2.54 bits per heavy atom. The molecule has 1 amide bonds. The molecule has 4 heteroatoms. The van der Waals surface area contributed by atoms with E-state index in [4.69, 9.17) is 0 Å². The number of rotatable bonds is 3. The third-order valence-electron chi connectivity index (χ3n) is 1.71. The average molecular weight is 179 g/mol. The molecule has 1 aromatic heterocycles. The van der Waals surface area contributed by atoms with Crippen LogP contribution in [0.5, 0.6) is 0 Å². The van der Waals surface area contributed by atoms with E-state index in [0.717, 1.165) is 5.69 Å². The first kappa shape index (κ1) is 9.51. The van der Waals surface area contributed by atoms with Crippen molar-refractivity contribution in [3.8, 4) is 0 Å². The molecule has 13 heavy (non-hydrogen) atoms. The average Bonchev–Trinajstić information content (AvgIpc) is 2.51. The van der Waals surface area contributed by atoms with E-state index in [-0.39, 0.29) is 11.9 Å². The fourth-order valence-corrected chi connectivity index (χ4v) is 1.00. The van der Waals surface area contributed by atoms with Gasteiger partial charge in [-0.25, -0.2) is 4.98 Å². The zero-order valence-corrected chi connectivity index (χ0v) is 7.82. The molecule has 1 rings (SSSR count). The second kappa shape index (κ2) is 3.89. The first-order chi connectivity index (χ1) is 6.13. The highest BCUT2D eigenvalue weighted by Gasteiger charge is 2.08. The largest absolute Gasteiger partial charge is 0.344 e. The van der Waals surface area contributed by atoms with E-state index >= 15 is 0 Å². The van der Waals surface area contributed by atoms with Crippen molar-refractivity contribution in [3.05, 3.63) is 30.9 Å². The van der Waals surface area contributed by atoms with E-state index in [2.05, 4.69) is 16.9 Å². The van der Waals surface area contributed by atoms with Gasteiger partial charge in [0.2, 0.25) is 5.91 Å². The van der Waals surface area contributed by atoms with Gasteiger partial charge in [-0.05, 0) is 13.0 Å². The second-order valence-corrected chi connectivity index (χ2v) is 2.90. The molecular formula is C9H13N3O. The number of imidazole rings is 1. The lowest BCUT2D eigenvalue weighted by molar-refractivity contribution is -0.117. The number of amides is 1. The van der Waals surface area contributed by atoms with Gasteiger partial charge in [0.1, 0.15) is 0 Å². The minimum Gasteiger partial charge on any atom is -0.344 e. The number of carbonyl (C=O) groups is 1. The van der Waals surface area contributed by atoms with Crippen LogP contribution in [-0.2, 0) is 11.8 Å². The number of nitrogens with zero attached hydrogens (tertiary/aromatic N) is 2. The number of hydrogen-bond acceptors (Lipinski definition) is 2. The van der Waals surface area contributed by atoms with Gasteiger partial charge in [0.05, 0.1) is 18.1 Å². The normalized spacial score (nSPS) is 12.2. The summed E-state index contributed by atoms with van der Waals surface area (Å²) < 4.78 is 1.84. The van der Waals surface area contributed by atoms with Crippen LogP contribution in [0.2, 0.25) is 0 Å². The van der Waals surface area contributed by atoms with E-state index in [1.54, 1.807) is 6.33 Å². The maximum absolute atomic E-state index is 10.9. The molecule has 1 N–H and O–H groups in total. The van der Waals surface area contributed by atoms with Crippen LogP contribution in [0.1, 0.15) is 18.7 Å². The molecule has 0 aliphatic heterocycles. The molecule has 0 aliphatic carbocycles. The first-order valence-electron chi connectivity index (χ1n) is 4.04. The fourth-order valence-electron chi connectivity index (χ4n) is 1.00. The van der Waals surface area contributed by atoms with E-state index in [9.17, 15) is 4.79 Å². The number of nitrogens with one attached hydrogen (secondary N) is 1. The van der Waals surface area contributed by atoms with Gasteiger partial charge in [-0.3, -0.25) is 4.79 Å². The van der Waals surface area contributed by atoms with Gasteiger partial charge in [0, 0.05) is 13.2 Å². The second-order valence-electron chi connectivity index (χ2n) is 2.90. The van der Waals surface area contributed by atoms with Gasteiger partial charge in [-0.2, -0.15) is 0 Å². The molecule has 0 spiro atoms. The van der Waals surface area contributed by atoms with Gasteiger partial charge < -0.3 is 9.88 Å². The molecule has 0 saturated carbocycles. The highest BCUT2D eigenvalue weighted by atomic mass is 16.1.